The van der Waals surface area contributed by atoms with E-state index in [-0.39, 0.29) is 18.1 Å². The molecule has 0 fully saturated rings. The average molecular weight is 401 g/mol. The van der Waals surface area contributed by atoms with E-state index in [0.717, 1.165) is 28.5 Å². The zero-order chi connectivity index (χ0) is 19.7. The molecule has 4 aromatic rings. The zero-order valence-corrected chi connectivity index (χ0v) is 16.1. The van der Waals surface area contributed by atoms with Crippen LogP contribution in [0.3, 0.4) is 0 Å². The van der Waals surface area contributed by atoms with E-state index in [9.17, 15) is 12.8 Å². The fourth-order valence-electron chi connectivity index (χ4n) is 3.13. The van der Waals surface area contributed by atoms with Gasteiger partial charge < -0.3 is 9.40 Å². The normalized spacial score (nSPS) is 12.2. The first-order valence-electron chi connectivity index (χ1n) is 9.09. The Hall–Kier alpha value is -2.71. The second-order valence-electron chi connectivity index (χ2n) is 6.68. The molecule has 8 heteroatoms. The smallest absolute Gasteiger partial charge is 0.212 e. The van der Waals surface area contributed by atoms with Gasteiger partial charge in [-0.3, -0.25) is 0 Å². The van der Waals surface area contributed by atoms with Gasteiger partial charge in [-0.05, 0) is 42.3 Å². The number of halogens is 1. The standard InChI is InChI=1S/C20H20FN3O3S/c1-2-3-8-28(25,26)23-12-20-24-17-7-4-13(9-19(17)27-20)16-11-22-18-10-14(21)5-6-15(16)18/h4-7,9-11,22-23H,2-3,8,12H2,1H3. The minimum atomic E-state index is -3.34. The number of hydrogen-bond acceptors (Lipinski definition) is 4. The summed E-state index contributed by atoms with van der Waals surface area (Å²) in [6.45, 7) is 1.96. The van der Waals surface area contributed by atoms with E-state index in [1.165, 1.54) is 12.1 Å². The maximum absolute atomic E-state index is 13.4. The lowest BCUT2D eigenvalue weighted by Crippen LogP contribution is -2.25. The molecule has 0 aliphatic heterocycles. The third kappa shape index (κ3) is 3.79. The van der Waals surface area contributed by atoms with Crippen LogP contribution in [0.5, 0.6) is 0 Å². The van der Waals surface area contributed by atoms with Crippen molar-refractivity contribution in [3.8, 4) is 11.1 Å². The fourth-order valence-corrected chi connectivity index (χ4v) is 4.29. The summed E-state index contributed by atoms with van der Waals surface area (Å²) in [5, 5.41) is 0.907. The monoisotopic (exact) mass is 401 g/mol. The van der Waals surface area contributed by atoms with Crippen LogP contribution in [0, 0.1) is 5.82 Å². The van der Waals surface area contributed by atoms with Gasteiger partial charge in [-0.25, -0.2) is 22.5 Å². The Balaban J connectivity index is 1.59. The summed E-state index contributed by atoms with van der Waals surface area (Å²) in [5.41, 5.74) is 3.76. The minimum absolute atomic E-state index is 0.0163. The van der Waals surface area contributed by atoms with Gasteiger partial charge in [-0.15, -0.1) is 0 Å². The largest absolute Gasteiger partial charge is 0.439 e. The number of aromatic nitrogens is 2. The molecule has 2 heterocycles. The Labute approximate surface area is 161 Å². The van der Waals surface area contributed by atoms with Crippen LogP contribution in [0.1, 0.15) is 25.7 Å². The van der Waals surface area contributed by atoms with Crippen LogP contribution in [0.4, 0.5) is 4.39 Å². The number of benzene rings is 2. The lowest BCUT2D eigenvalue weighted by molar-refractivity contribution is 0.513. The maximum Gasteiger partial charge on any atom is 0.212 e. The second kappa shape index (κ2) is 7.37. The number of nitrogens with zero attached hydrogens (tertiary/aromatic N) is 1. The van der Waals surface area contributed by atoms with Crippen LogP contribution < -0.4 is 4.72 Å². The number of sulfonamides is 1. The Morgan fingerprint density at radius 2 is 2.07 bits per heavy atom. The molecule has 0 spiro atoms. The van der Waals surface area contributed by atoms with E-state index < -0.39 is 10.0 Å². The molecule has 0 radical (unpaired) electrons. The van der Waals surface area contributed by atoms with Gasteiger partial charge in [0.15, 0.2) is 5.58 Å². The molecule has 0 aliphatic carbocycles. The van der Waals surface area contributed by atoms with Crippen LogP contribution in [0.25, 0.3) is 33.1 Å². The highest BCUT2D eigenvalue weighted by Crippen LogP contribution is 2.31. The summed E-state index contributed by atoms with van der Waals surface area (Å²) < 4.78 is 45.5. The quantitative estimate of drug-likeness (QED) is 0.482. The van der Waals surface area contributed by atoms with Crippen LogP contribution in [0.15, 0.2) is 47.0 Å². The van der Waals surface area contributed by atoms with Gasteiger partial charge in [0, 0.05) is 22.7 Å². The number of H-pyrrole nitrogens is 1. The summed E-state index contributed by atoms with van der Waals surface area (Å²) in [4.78, 5) is 7.41. The minimum Gasteiger partial charge on any atom is -0.439 e. The van der Waals surface area contributed by atoms with Gasteiger partial charge in [0.05, 0.1) is 12.3 Å². The van der Waals surface area contributed by atoms with Crippen molar-refractivity contribution in [2.45, 2.75) is 26.3 Å². The molecule has 2 N–H and O–H groups in total. The number of rotatable bonds is 7. The van der Waals surface area contributed by atoms with Crippen molar-refractivity contribution >= 4 is 32.0 Å². The highest BCUT2D eigenvalue weighted by Gasteiger charge is 2.14. The van der Waals surface area contributed by atoms with Crippen molar-refractivity contribution in [1.29, 1.82) is 0 Å². The van der Waals surface area contributed by atoms with Gasteiger partial charge in [0.2, 0.25) is 15.9 Å². The SMILES string of the molecule is CCCCS(=O)(=O)NCc1nc2ccc(-c3c[nH]c4cc(F)ccc34)cc2o1. The average Bonchev–Trinajstić information content (AvgIpc) is 3.27. The summed E-state index contributed by atoms with van der Waals surface area (Å²) in [6.07, 6.45) is 3.25. The first kappa shape index (κ1) is 18.6. The molecule has 0 atom stereocenters. The Morgan fingerprint density at radius 1 is 1.21 bits per heavy atom. The number of aromatic amines is 1. The van der Waals surface area contributed by atoms with E-state index in [2.05, 4.69) is 14.7 Å². The van der Waals surface area contributed by atoms with Crippen molar-refractivity contribution < 1.29 is 17.2 Å². The third-order valence-corrected chi connectivity index (χ3v) is 6.01. The summed E-state index contributed by atoms with van der Waals surface area (Å²) >= 11 is 0. The Bertz CT molecular complexity index is 1240. The first-order valence-corrected chi connectivity index (χ1v) is 10.7. The highest BCUT2D eigenvalue weighted by atomic mass is 32.2. The van der Waals surface area contributed by atoms with Crippen LogP contribution in [-0.2, 0) is 16.6 Å². The molecule has 28 heavy (non-hydrogen) atoms. The Morgan fingerprint density at radius 3 is 2.89 bits per heavy atom. The predicted octanol–water partition coefficient (Wildman–Crippen LogP) is 4.33. The molecule has 2 aromatic carbocycles. The highest BCUT2D eigenvalue weighted by molar-refractivity contribution is 7.89. The Kier molecular flexibility index (Phi) is 4.91. The zero-order valence-electron chi connectivity index (χ0n) is 15.3. The van der Waals surface area contributed by atoms with Crippen LogP contribution >= 0.6 is 0 Å². The van der Waals surface area contributed by atoms with Crippen LogP contribution in [0.2, 0.25) is 0 Å². The lowest BCUT2D eigenvalue weighted by Gasteiger charge is -2.03. The van der Waals surface area contributed by atoms with Crippen molar-refractivity contribution in [3.05, 3.63) is 54.3 Å². The number of fused-ring (bicyclic) bond motifs is 2. The summed E-state index contributed by atoms with van der Waals surface area (Å²) in [5.74, 6) is 0.112. The van der Waals surface area contributed by atoms with E-state index in [4.69, 9.17) is 4.42 Å². The van der Waals surface area contributed by atoms with Crippen molar-refractivity contribution in [2.75, 3.05) is 5.75 Å². The molecule has 4 rings (SSSR count). The molecule has 146 valence electrons. The van der Waals surface area contributed by atoms with Crippen molar-refractivity contribution in [3.63, 3.8) is 0 Å². The molecule has 0 unspecified atom stereocenters. The van der Waals surface area contributed by atoms with Gasteiger partial charge in [0.1, 0.15) is 11.3 Å². The molecule has 0 saturated carbocycles. The van der Waals surface area contributed by atoms with E-state index in [0.29, 0.717) is 23.4 Å². The molecule has 2 aromatic heterocycles. The molecular weight excluding hydrogens is 381 g/mol. The summed E-state index contributed by atoms with van der Waals surface area (Å²) in [7, 11) is -3.34. The number of oxazole rings is 1. The van der Waals surface area contributed by atoms with E-state index >= 15 is 0 Å². The number of unbranched alkanes of at least 4 members (excludes halogenated alkanes) is 1. The molecule has 0 aliphatic rings. The fraction of sp³-hybridized carbons (Fsp3) is 0.250. The van der Waals surface area contributed by atoms with Gasteiger partial charge in [-0.2, -0.15) is 0 Å². The van der Waals surface area contributed by atoms with E-state index in [1.54, 1.807) is 6.07 Å². The maximum atomic E-state index is 13.4. The molecule has 0 saturated heterocycles. The molecule has 0 bridgehead atoms. The molecule has 6 nitrogen and oxygen atoms in total. The number of nitrogens with one attached hydrogen (secondary N) is 2. The second-order valence-corrected chi connectivity index (χ2v) is 8.60. The molecular formula is C20H20FN3O3S. The molecule has 0 amide bonds. The summed E-state index contributed by atoms with van der Waals surface area (Å²) in [6, 6.07) is 10.2. The topological polar surface area (TPSA) is 88.0 Å². The van der Waals surface area contributed by atoms with Gasteiger partial charge in [0.25, 0.3) is 0 Å². The van der Waals surface area contributed by atoms with Crippen LogP contribution in [-0.4, -0.2) is 24.1 Å². The van der Waals surface area contributed by atoms with Gasteiger partial charge >= 0.3 is 0 Å². The number of hydrogen-bond donors (Lipinski definition) is 2. The third-order valence-electron chi connectivity index (χ3n) is 4.60. The predicted molar refractivity (Wildman–Crippen MR) is 107 cm³/mol. The van der Waals surface area contributed by atoms with Crippen molar-refractivity contribution in [2.24, 2.45) is 0 Å². The first-order chi connectivity index (χ1) is 13.4. The van der Waals surface area contributed by atoms with E-state index in [1.807, 2.05) is 31.3 Å². The lowest BCUT2D eigenvalue weighted by atomic mass is 10.0. The van der Waals surface area contributed by atoms with Crippen molar-refractivity contribution in [1.82, 2.24) is 14.7 Å². The van der Waals surface area contributed by atoms with Gasteiger partial charge in [-0.1, -0.05) is 19.4 Å².